The molecule has 3 N–H and O–H groups in total. The average molecular weight is 315 g/mol. The van der Waals surface area contributed by atoms with E-state index in [9.17, 15) is 0 Å². The zero-order valence-corrected chi connectivity index (χ0v) is 12.9. The van der Waals surface area contributed by atoms with E-state index in [1.165, 1.54) is 0 Å². The number of halogens is 1. The number of rotatable bonds is 5. The number of anilines is 1. The summed E-state index contributed by atoms with van der Waals surface area (Å²) < 4.78 is 1.00. The van der Waals surface area contributed by atoms with Crippen LogP contribution in [0.1, 0.15) is 32.8 Å². The number of nitrogens with one attached hydrogen (secondary N) is 1. The summed E-state index contributed by atoms with van der Waals surface area (Å²) in [6, 6.07) is 6.39. The van der Waals surface area contributed by atoms with Crippen molar-refractivity contribution in [2.24, 2.45) is 11.7 Å². The van der Waals surface area contributed by atoms with Crippen molar-refractivity contribution >= 4 is 38.8 Å². The van der Waals surface area contributed by atoms with Gasteiger partial charge in [-0.25, -0.2) is 0 Å². The third kappa shape index (κ3) is 3.96. The van der Waals surface area contributed by atoms with Crippen molar-refractivity contribution in [3.63, 3.8) is 0 Å². The van der Waals surface area contributed by atoms with E-state index < -0.39 is 0 Å². The Morgan fingerprint density at radius 3 is 2.53 bits per heavy atom. The van der Waals surface area contributed by atoms with Gasteiger partial charge in [-0.3, -0.25) is 0 Å². The minimum atomic E-state index is 0.424. The molecule has 0 amide bonds. The SMILES string of the molecule is CCC(Nc1ccc(C(N)=S)cc1Br)C(C)C. The van der Waals surface area contributed by atoms with E-state index in [1.54, 1.807) is 0 Å². The van der Waals surface area contributed by atoms with Crippen molar-refractivity contribution in [3.05, 3.63) is 28.2 Å². The van der Waals surface area contributed by atoms with Gasteiger partial charge in [0.1, 0.15) is 4.99 Å². The second-order valence-electron chi connectivity index (χ2n) is 4.46. The summed E-state index contributed by atoms with van der Waals surface area (Å²) in [7, 11) is 0. The Hall–Kier alpha value is -0.610. The molecule has 0 fully saturated rings. The number of hydrogen-bond donors (Lipinski definition) is 2. The van der Waals surface area contributed by atoms with Crippen molar-refractivity contribution in [3.8, 4) is 0 Å². The molecule has 17 heavy (non-hydrogen) atoms. The first-order chi connectivity index (χ1) is 7.95. The van der Waals surface area contributed by atoms with Gasteiger partial charge in [0.15, 0.2) is 0 Å². The third-order valence-corrected chi connectivity index (χ3v) is 3.73. The van der Waals surface area contributed by atoms with Crippen LogP contribution in [-0.2, 0) is 0 Å². The maximum absolute atomic E-state index is 5.60. The monoisotopic (exact) mass is 314 g/mol. The van der Waals surface area contributed by atoms with Crippen molar-refractivity contribution in [2.45, 2.75) is 33.2 Å². The van der Waals surface area contributed by atoms with Crippen molar-refractivity contribution in [2.75, 3.05) is 5.32 Å². The van der Waals surface area contributed by atoms with Crippen LogP contribution in [0.25, 0.3) is 0 Å². The molecule has 0 aliphatic rings. The summed E-state index contributed by atoms with van der Waals surface area (Å²) in [5.41, 5.74) is 7.57. The second-order valence-corrected chi connectivity index (χ2v) is 5.76. The van der Waals surface area contributed by atoms with Crippen molar-refractivity contribution < 1.29 is 0 Å². The van der Waals surface area contributed by atoms with Crippen LogP contribution >= 0.6 is 28.1 Å². The van der Waals surface area contributed by atoms with Gasteiger partial charge in [-0.15, -0.1) is 0 Å². The van der Waals surface area contributed by atoms with Crippen LogP contribution < -0.4 is 11.1 Å². The lowest BCUT2D eigenvalue weighted by Gasteiger charge is -2.23. The lowest BCUT2D eigenvalue weighted by atomic mass is 10.0. The highest BCUT2D eigenvalue weighted by Gasteiger charge is 2.12. The first kappa shape index (κ1) is 14.5. The fourth-order valence-electron chi connectivity index (χ4n) is 1.73. The molecule has 94 valence electrons. The van der Waals surface area contributed by atoms with Crippen molar-refractivity contribution in [1.82, 2.24) is 0 Å². The van der Waals surface area contributed by atoms with Crippen LogP contribution in [-0.4, -0.2) is 11.0 Å². The van der Waals surface area contributed by atoms with Crippen LogP contribution in [0.5, 0.6) is 0 Å². The fourth-order valence-corrected chi connectivity index (χ4v) is 2.35. The summed E-state index contributed by atoms with van der Waals surface area (Å²) >= 11 is 8.50. The summed E-state index contributed by atoms with van der Waals surface area (Å²) in [6.07, 6.45) is 1.10. The first-order valence-electron chi connectivity index (χ1n) is 5.81. The zero-order chi connectivity index (χ0) is 13.0. The molecule has 1 aromatic carbocycles. The minimum Gasteiger partial charge on any atom is -0.389 e. The Labute approximate surface area is 117 Å². The van der Waals surface area contributed by atoms with Gasteiger partial charge in [0, 0.05) is 21.8 Å². The summed E-state index contributed by atoms with van der Waals surface area (Å²) in [6.45, 7) is 6.63. The average Bonchev–Trinajstić information content (AvgIpc) is 2.26. The fraction of sp³-hybridized carbons (Fsp3) is 0.462. The Balaban J connectivity index is 2.89. The molecule has 1 aromatic rings. The van der Waals surface area contributed by atoms with Crippen LogP contribution in [0.15, 0.2) is 22.7 Å². The van der Waals surface area contributed by atoms with Gasteiger partial charge >= 0.3 is 0 Å². The van der Waals surface area contributed by atoms with Gasteiger partial charge < -0.3 is 11.1 Å². The molecule has 1 atom stereocenters. The Morgan fingerprint density at radius 2 is 2.12 bits per heavy atom. The number of hydrogen-bond acceptors (Lipinski definition) is 2. The molecule has 0 spiro atoms. The molecule has 0 radical (unpaired) electrons. The molecule has 0 saturated carbocycles. The van der Waals surface area contributed by atoms with E-state index in [4.69, 9.17) is 18.0 Å². The Bertz CT molecular complexity index is 404. The summed E-state index contributed by atoms with van der Waals surface area (Å²) in [4.78, 5) is 0.424. The lowest BCUT2D eigenvalue weighted by Crippen LogP contribution is -2.24. The summed E-state index contributed by atoms with van der Waals surface area (Å²) in [5.74, 6) is 0.599. The topological polar surface area (TPSA) is 38.0 Å². The van der Waals surface area contributed by atoms with Gasteiger partial charge in [-0.05, 0) is 46.5 Å². The van der Waals surface area contributed by atoms with Gasteiger partial charge in [-0.1, -0.05) is 33.0 Å². The van der Waals surface area contributed by atoms with Crippen LogP contribution in [0, 0.1) is 5.92 Å². The Kier molecular flexibility index (Phi) is 5.40. The first-order valence-corrected chi connectivity index (χ1v) is 7.01. The molecule has 0 aromatic heterocycles. The predicted octanol–water partition coefficient (Wildman–Crippen LogP) is 3.93. The van der Waals surface area contributed by atoms with E-state index in [1.807, 2.05) is 18.2 Å². The molecule has 0 heterocycles. The predicted molar refractivity (Wildman–Crippen MR) is 82.6 cm³/mol. The molecular formula is C13H19BrN2S. The van der Waals surface area contributed by atoms with E-state index in [2.05, 4.69) is 42.0 Å². The molecule has 1 rings (SSSR count). The molecule has 0 aliphatic carbocycles. The highest BCUT2D eigenvalue weighted by Crippen LogP contribution is 2.26. The minimum absolute atomic E-state index is 0.424. The van der Waals surface area contributed by atoms with Gasteiger partial charge in [0.2, 0.25) is 0 Å². The molecular weight excluding hydrogens is 296 g/mol. The molecule has 0 aliphatic heterocycles. The van der Waals surface area contributed by atoms with E-state index >= 15 is 0 Å². The highest BCUT2D eigenvalue weighted by atomic mass is 79.9. The molecule has 1 unspecified atom stereocenters. The van der Waals surface area contributed by atoms with Gasteiger partial charge in [0.25, 0.3) is 0 Å². The van der Waals surface area contributed by atoms with Gasteiger partial charge in [0.05, 0.1) is 0 Å². The number of thiocarbonyl (C=S) groups is 1. The lowest BCUT2D eigenvalue weighted by molar-refractivity contribution is 0.511. The standard InChI is InChI=1S/C13H19BrN2S/c1-4-11(8(2)3)16-12-6-5-9(13(15)17)7-10(12)14/h5-8,11,16H,4H2,1-3H3,(H2,15,17). The summed E-state index contributed by atoms with van der Waals surface area (Å²) in [5, 5.41) is 3.53. The number of benzene rings is 1. The molecule has 0 saturated heterocycles. The molecule has 0 bridgehead atoms. The third-order valence-electron chi connectivity index (χ3n) is 2.84. The smallest absolute Gasteiger partial charge is 0.104 e. The normalized spacial score (nSPS) is 12.5. The van der Waals surface area contributed by atoms with Crippen LogP contribution in [0.3, 0.4) is 0 Å². The largest absolute Gasteiger partial charge is 0.389 e. The van der Waals surface area contributed by atoms with Crippen LogP contribution in [0.2, 0.25) is 0 Å². The number of nitrogens with two attached hydrogens (primary N) is 1. The van der Waals surface area contributed by atoms with E-state index in [0.717, 1.165) is 22.1 Å². The maximum Gasteiger partial charge on any atom is 0.104 e. The quantitative estimate of drug-likeness (QED) is 0.809. The second kappa shape index (κ2) is 6.36. The van der Waals surface area contributed by atoms with E-state index in [0.29, 0.717) is 16.9 Å². The Morgan fingerprint density at radius 1 is 1.47 bits per heavy atom. The molecule has 4 heteroatoms. The van der Waals surface area contributed by atoms with Crippen molar-refractivity contribution in [1.29, 1.82) is 0 Å². The highest BCUT2D eigenvalue weighted by molar-refractivity contribution is 9.10. The van der Waals surface area contributed by atoms with Gasteiger partial charge in [-0.2, -0.15) is 0 Å². The zero-order valence-electron chi connectivity index (χ0n) is 10.5. The van der Waals surface area contributed by atoms with Crippen LogP contribution in [0.4, 0.5) is 5.69 Å². The van der Waals surface area contributed by atoms with E-state index in [-0.39, 0.29) is 0 Å². The molecule has 2 nitrogen and oxygen atoms in total. The maximum atomic E-state index is 5.60.